The summed E-state index contributed by atoms with van der Waals surface area (Å²) in [4.78, 5) is 4.37. The third kappa shape index (κ3) is 8.62. The van der Waals surface area contributed by atoms with Crippen LogP contribution in [0.4, 0.5) is 0 Å². The minimum atomic E-state index is -3.36. The lowest BCUT2D eigenvalue weighted by Gasteiger charge is -2.26. The van der Waals surface area contributed by atoms with Crippen molar-refractivity contribution in [1.82, 2.24) is 9.62 Å². The van der Waals surface area contributed by atoms with Crippen molar-refractivity contribution in [3.63, 3.8) is 0 Å². The maximum Gasteiger partial charge on any atom is 0.218 e. The van der Waals surface area contributed by atoms with E-state index in [1.807, 2.05) is 24.3 Å². The Hall–Kier alpha value is -0.910. The molecular formula is C19H33IN4O3S. The molecule has 28 heavy (non-hydrogen) atoms. The van der Waals surface area contributed by atoms with E-state index in [9.17, 15) is 8.42 Å². The second kappa shape index (κ2) is 13.3. The molecule has 0 aromatic heterocycles. The predicted molar refractivity (Wildman–Crippen MR) is 124 cm³/mol. The summed E-state index contributed by atoms with van der Waals surface area (Å²) in [5.74, 6) is 0.376. The van der Waals surface area contributed by atoms with Crippen LogP contribution in [-0.2, 0) is 27.1 Å². The molecule has 3 N–H and O–H groups in total. The molecule has 0 amide bonds. The third-order valence-corrected chi connectivity index (χ3v) is 6.40. The topological polar surface area (TPSA) is 97.0 Å². The standard InChI is InChI=1S/C19H32N4O3S.HI/c1-2-3-4-7-10-21-19(20)22-15-17-8-5-6-9-18(17)16-27(24,25)23-11-13-26-14-12-23;/h5-6,8-9H,2-4,7,10-16H2,1H3,(H3,20,21,22);1H. The molecule has 0 aliphatic carbocycles. The zero-order valence-electron chi connectivity index (χ0n) is 16.6. The fraction of sp³-hybridized carbons (Fsp3) is 0.632. The van der Waals surface area contributed by atoms with E-state index in [2.05, 4.69) is 17.2 Å². The van der Waals surface area contributed by atoms with Gasteiger partial charge < -0.3 is 15.8 Å². The van der Waals surface area contributed by atoms with Crippen LogP contribution in [-0.4, -0.2) is 51.5 Å². The number of unbranched alkanes of at least 4 members (excludes halogenated alkanes) is 3. The van der Waals surface area contributed by atoms with Crippen LogP contribution < -0.4 is 11.1 Å². The van der Waals surface area contributed by atoms with E-state index in [0.717, 1.165) is 24.1 Å². The van der Waals surface area contributed by atoms with Gasteiger partial charge in [-0.05, 0) is 17.5 Å². The van der Waals surface area contributed by atoms with Gasteiger partial charge in [-0.3, -0.25) is 0 Å². The summed E-state index contributed by atoms with van der Waals surface area (Å²) in [6, 6.07) is 7.50. The highest BCUT2D eigenvalue weighted by molar-refractivity contribution is 14.0. The number of nitrogens with one attached hydrogen (secondary N) is 1. The smallest absolute Gasteiger partial charge is 0.218 e. The number of guanidine groups is 1. The lowest BCUT2D eigenvalue weighted by molar-refractivity contribution is 0.0729. The van der Waals surface area contributed by atoms with Crippen molar-refractivity contribution >= 4 is 40.0 Å². The number of rotatable bonds is 10. The predicted octanol–water partition coefficient (Wildman–Crippen LogP) is 2.45. The van der Waals surface area contributed by atoms with E-state index < -0.39 is 10.0 Å². The Labute approximate surface area is 186 Å². The van der Waals surface area contributed by atoms with E-state index in [4.69, 9.17) is 10.5 Å². The molecule has 0 atom stereocenters. The Morgan fingerprint density at radius 1 is 1.18 bits per heavy atom. The fourth-order valence-corrected chi connectivity index (χ4v) is 4.52. The van der Waals surface area contributed by atoms with Crippen molar-refractivity contribution in [2.45, 2.75) is 44.9 Å². The van der Waals surface area contributed by atoms with Crippen molar-refractivity contribution in [2.75, 3.05) is 32.8 Å². The number of benzene rings is 1. The van der Waals surface area contributed by atoms with Crippen molar-refractivity contribution in [3.8, 4) is 0 Å². The lowest BCUT2D eigenvalue weighted by atomic mass is 10.1. The highest BCUT2D eigenvalue weighted by Gasteiger charge is 2.25. The number of hydrogen-bond acceptors (Lipinski definition) is 4. The molecule has 1 aliphatic heterocycles. The number of aliphatic imine (C=N–C) groups is 1. The molecule has 160 valence electrons. The molecule has 1 saturated heterocycles. The number of hydrogen-bond donors (Lipinski definition) is 2. The van der Waals surface area contributed by atoms with Gasteiger partial charge in [-0.25, -0.2) is 13.4 Å². The Morgan fingerprint density at radius 2 is 1.86 bits per heavy atom. The number of ether oxygens (including phenoxy) is 1. The van der Waals surface area contributed by atoms with Gasteiger partial charge in [0.2, 0.25) is 10.0 Å². The number of morpholine rings is 1. The van der Waals surface area contributed by atoms with E-state index >= 15 is 0 Å². The van der Waals surface area contributed by atoms with Gasteiger partial charge >= 0.3 is 0 Å². The molecule has 0 bridgehead atoms. The summed E-state index contributed by atoms with van der Waals surface area (Å²) in [7, 11) is -3.36. The first-order chi connectivity index (χ1) is 13.0. The second-order valence-electron chi connectivity index (χ2n) is 6.73. The van der Waals surface area contributed by atoms with Crippen molar-refractivity contribution in [3.05, 3.63) is 35.4 Å². The number of sulfonamides is 1. The lowest BCUT2D eigenvalue weighted by Crippen LogP contribution is -2.41. The molecule has 1 fully saturated rings. The molecule has 9 heteroatoms. The molecule has 1 aliphatic rings. The summed E-state index contributed by atoms with van der Waals surface area (Å²) in [6.07, 6.45) is 4.68. The van der Waals surface area contributed by atoms with E-state index in [-0.39, 0.29) is 29.7 Å². The van der Waals surface area contributed by atoms with Crippen LogP contribution >= 0.6 is 24.0 Å². The Bertz CT molecular complexity index is 707. The van der Waals surface area contributed by atoms with Crippen LogP contribution in [0.1, 0.15) is 43.7 Å². The molecule has 0 radical (unpaired) electrons. The minimum Gasteiger partial charge on any atom is -0.379 e. The van der Waals surface area contributed by atoms with E-state index in [0.29, 0.717) is 38.8 Å². The van der Waals surface area contributed by atoms with Gasteiger partial charge in [0.05, 0.1) is 25.5 Å². The largest absolute Gasteiger partial charge is 0.379 e. The second-order valence-corrected chi connectivity index (χ2v) is 8.69. The van der Waals surface area contributed by atoms with Crippen molar-refractivity contribution in [1.29, 1.82) is 0 Å². The average molecular weight is 524 g/mol. The van der Waals surface area contributed by atoms with Gasteiger partial charge in [-0.1, -0.05) is 50.5 Å². The summed E-state index contributed by atoms with van der Waals surface area (Å²) in [6.45, 7) is 5.08. The van der Waals surface area contributed by atoms with E-state index in [1.54, 1.807) is 0 Å². The molecule has 0 saturated carbocycles. The van der Waals surface area contributed by atoms with Crippen LogP contribution in [0, 0.1) is 0 Å². The average Bonchev–Trinajstić information content (AvgIpc) is 2.67. The maximum atomic E-state index is 12.7. The minimum absolute atomic E-state index is 0. The molecule has 0 unspecified atom stereocenters. The quantitative estimate of drug-likeness (QED) is 0.212. The third-order valence-electron chi connectivity index (χ3n) is 4.58. The van der Waals surface area contributed by atoms with Crippen LogP contribution in [0.3, 0.4) is 0 Å². The van der Waals surface area contributed by atoms with Crippen LogP contribution in [0.15, 0.2) is 29.3 Å². The first-order valence-electron chi connectivity index (χ1n) is 9.69. The van der Waals surface area contributed by atoms with E-state index in [1.165, 1.54) is 23.6 Å². The zero-order valence-corrected chi connectivity index (χ0v) is 19.7. The van der Waals surface area contributed by atoms with Gasteiger partial charge in [-0.15, -0.1) is 24.0 Å². The summed E-state index contributed by atoms with van der Waals surface area (Å²) in [5.41, 5.74) is 7.58. The first kappa shape index (κ1) is 25.1. The SMILES string of the molecule is CCCCCCNC(N)=NCc1ccccc1CS(=O)(=O)N1CCOCC1.I. The highest BCUT2D eigenvalue weighted by Crippen LogP contribution is 2.17. The number of nitrogens with two attached hydrogens (primary N) is 1. The number of halogens is 1. The molecule has 1 aromatic rings. The molecule has 1 heterocycles. The Balaban J connectivity index is 0.00000392. The van der Waals surface area contributed by atoms with Gasteiger partial charge in [-0.2, -0.15) is 4.31 Å². The summed E-state index contributed by atoms with van der Waals surface area (Å²) >= 11 is 0. The fourth-order valence-electron chi connectivity index (χ4n) is 2.96. The van der Waals surface area contributed by atoms with Crippen LogP contribution in [0.25, 0.3) is 0 Å². The zero-order chi connectivity index (χ0) is 19.5. The van der Waals surface area contributed by atoms with Crippen molar-refractivity contribution < 1.29 is 13.2 Å². The Morgan fingerprint density at radius 3 is 2.54 bits per heavy atom. The molecule has 1 aromatic carbocycles. The van der Waals surface area contributed by atoms with Gasteiger partial charge in [0.1, 0.15) is 0 Å². The molecule has 0 spiro atoms. The monoisotopic (exact) mass is 524 g/mol. The summed E-state index contributed by atoms with van der Waals surface area (Å²) < 4.78 is 32.1. The summed E-state index contributed by atoms with van der Waals surface area (Å²) in [5, 5.41) is 3.12. The first-order valence-corrected chi connectivity index (χ1v) is 11.3. The van der Waals surface area contributed by atoms with Gasteiger partial charge in [0, 0.05) is 19.6 Å². The van der Waals surface area contributed by atoms with Crippen molar-refractivity contribution in [2.24, 2.45) is 10.7 Å². The van der Waals surface area contributed by atoms with Crippen LogP contribution in [0.2, 0.25) is 0 Å². The molecular weight excluding hydrogens is 491 g/mol. The normalized spacial score (nSPS) is 15.8. The van der Waals surface area contributed by atoms with Crippen LogP contribution in [0.5, 0.6) is 0 Å². The maximum absolute atomic E-state index is 12.7. The Kier molecular flexibility index (Phi) is 12.0. The highest BCUT2D eigenvalue weighted by atomic mass is 127. The van der Waals surface area contributed by atoms with Gasteiger partial charge in [0.15, 0.2) is 5.96 Å². The van der Waals surface area contributed by atoms with Gasteiger partial charge in [0.25, 0.3) is 0 Å². The number of nitrogens with zero attached hydrogens (tertiary/aromatic N) is 2. The molecule has 2 rings (SSSR count). The molecule has 7 nitrogen and oxygen atoms in total.